The highest BCUT2D eigenvalue weighted by molar-refractivity contribution is 5.94. The van der Waals surface area contributed by atoms with Gasteiger partial charge in [-0.2, -0.15) is 4.52 Å². The van der Waals surface area contributed by atoms with Gasteiger partial charge in [-0.3, -0.25) is 4.79 Å². The van der Waals surface area contributed by atoms with Gasteiger partial charge in [0, 0.05) is 19.3 Å². The van der Waals surface area contributed by atoms with Gasteiger partial charge in [0.2, 0.25) is 0 Å². The molecule has 0 spiro atoms. The van der Waals surface area contributed by atoms with E-state index < -0.39 is 0 Å². The van der Waals surface area contributed by atoms with E-state index in [1.54, 1.807) is 24.4 Å². The Bertz CT molecular complexity index is 930. The van der Waals surface area contributed by atoms with Gasteiger partial charge >= 0.3 is 0 Å². The minimum atomic E-state index is -0.202. The largest absolute Gasteiger partial charge is 0.339 e. The number of carbonyl (C=O) groups is 1. The molecule has 4 rings (SSSR count). The smallest absolute Gasteiger partial charge is 0.255 e. The molecule has 1 fully saturated rings. The maximum absolute atomic E-state index is 13.3. The molecule has 3 aromatic rings. The van der Waals surface area contributed by atoms with Gasteiger partial charge in [0.25, 0.3) is 5.91 Å². The van der Waals surface area contributed by atoms with Crippen LogP contribution in [0.5, 0.6) is 0 Å². The Labute approximate surface area is 144 Å². The summed E-state index contributed by atoms with van der Waals surface area (Å²) in [5.74, 6) is 0.158. The van der Waals surface area contributed by atoms with Crippen LogP contribution in [0.15, 0.2) is 36.5 Å². The number of benzene rings is 1. The Morgan fingerprint density at radius 3 is 2.76 bits per heavy atom. The van der Waals surface area contributed by atoms with Crippen LogP contribution in [0.4, 0.5) is 4.39 Å². The number of halogens is 1. The molecule has 1 aliphatic heterocycles. The Hall–Kier alpha value is -2.83. The monoisotopic (exact) mass is 339 g/mol. The zero-order valence-corrected chi connectivity index (χ0v) is 13.9. The Morgan fingerprint density at radius 1 is 1.20 bits per heavy atom. The number of hydrogen-bond acceptors (Lipinski definition) is 4. The second-order valence-electron chi connectivity index (χ2n) is 6.47. The Kier molecular flexibility index (Phi) is 3.91. The highest BCUT2D eigenvalue weighted by Crippen LogP contribution is 2.31. The van der Waals surface area contributed by atoms with Gasteiger partial charge < -0.3 is 4.90 Å². The molecule has 6 nitrogen and oxygen atoms in total. The van der Waals surface area contributed by atoms with Gasteiger partial charge in [-0.1, -0.05) is 6.07 Å². The second kappa shape index (κ2) is 6.23. The lowest BCUT2D eigenvalue weighted by atomic mass is 9.86. The molecular weight excluding hydrogens is 321 g/mol. The zero-order valence-electron chi connectivity index (χ0n) is 13.9. The molecular formula is C18H18FN5O. The molecule has 2 aromatic heterocycles. The molecule has 128 valence electrons. The number of fused-ring (bicyclic) bond motifs is 1. The van der Waals surface area contributed by atoms with Crippen LogP contribution in [-0.4, -0.2) is 43.9 Å². The summed E-state index contributed by atoms with van der Waals surface area (Å²) in [5, 5.41) is 11.3. The number of hydrogen-bond donors (Lipinski definition) is 0. The molecule has 1 aliphatic rings. The summed E-state index contributed by atoms with van der Waals surface area (Å²) in [6, 6.07) is 8.46. The van der Waals surface area contributed by atoms with E-state index in [0.29, 0.717) is 30.2 Å². The normalized spacial score (nSPS) is 15.7. The lowest BCUT2D eigenvalue weighted by molar-refractivity contribution is 0.0712. The number of piperidine rings is 1. The summed E-state index contributed by atoms with van der Waals surface area (Å²) in [7, 11) is 0. The number of rotatable bonds is 2. The molecule has 0 atom stereocenters. The number of aryl methyl sites for hydroxylation is 1. The molecule has 25 heavy (non-hydrogen) atoms. The van der Waals surface area contributed by atoms with Crippen LogP contribution in [0.1, 0.15) is 40.2 Å². The molecule has 7 heteroatoms. The number of amides is 1. The van der Waals surface area contributed by atoms with Crippen LogP contribution in [0, 0.1) is 12.7 Å². The molecule has 1 aromatic carbocycles. The molecule has 3 heterocycles. The van der Waals surface area contributed by atoms with Crippen LogP contribution < -0.4 is 0 Å². The third-order valence-corrected chi connectivity index (χ3v) is 4.89. The quantitative estimate of drug-likeness (QED) is 0.720. The SMILES string of the molecule is Cc1cc(F)ccc1C1CCN(C(=O)c2ccc3nnnn3c2)CC1. The molecule has 1 saturated heterocycles. The maximum atomic E-state index is 13.3. The molecule has 0 aliphatic carbocycles. The summed E-state index contributed by atoms with van der Waals surface area (Å²) < 4.78 is 14.8. The van der Waals surface area contributed by atoms with Crippen LogP contribution in [0.25, 0.3) is 5.65 Å². The van der Waals surface area contributed by atoms with Gasteiger partial charge in [0.05, 0.1) is 5.56 Å². The third kappa shape index (κ3) is 2.97. The van der Waals surface area contributed by atoms with Crippen molar-refractivity contribution in [3.05, 3.63) is 59.0 Å². The van der Waals surface area contributed by atoms with E-state index in [1.807, 2.05) is 17.9 Å². The van der Waals surface area contributed by atoms with Crippen molar-refractivity contribution in [2.75, 3.05) is 13.1 Å². The fraction of sp³-hybridized carbons (Fsp3) is 0.333. The van der Waals surface area contributed by atoms with Gasteiger partial charge in [0.1, 0.15) is 5.82 Å². The fourth-order valence-electron chi connectivity index (χ4n) is 3.54. The molecule has 0 unspecified atom stereocenters. The summed E-state index contributed by atoms with van der Waals surface area (Å²) in [4.78, 5) is 14.6. The summed E-state index contributed by atoms with van der Waals surface area (Å²) in [6.07, 6.45) is 3.42. The van der Waals surface area contributed by atoms with Gasteiger partial charge in [-0.25, -0.2) is 4.39 Å². The van der Waals surface area contributed by atoms with Crippen LogP contribution >= 0.6 is 0 Å². The van der Waals surface area contributed by atoms with Crippen molar-refractivity contribution < 1.29 is 9.18 Å². The first-order valence-electron chi connectivity index (χ1n) is 8.35. The number of aromatic nitrogens is 4. The Balaban J connectivity index is 1.46. The highest BCUT2D eigenvalue weighted by atomic mass is 19.1. The summed E-state index contributed by atoms with van der Waals surface area (Å²) >= 11 is 0. The first-order valence-corrected chi connectivity index (χ1v) is 8.35. The number of pyridine rings is 1. The Morgan fingerprint density at radius 2 is 2.00 bits per heavy atom. The van der Waals surface area contributed by atoms with Crippen LogP contribution in [0.2, 0.25) is 0 Å². The first-order chi connectivity index (χ1) is 12.1. The minimum absolute atomic E-state index is 0.00771. The number of likely N-dealkylation sites (tertiary alicyclic amines) is 1. The zero-order chi connectivity index (χ0) is 17.4. The lowest BCUT2D eigenvalue weighted by Crippen LogP contribution is -2.38. The molecule has 0 radical (unpaired) electrons. The molecule has 0 saturated carbocycles. The lowest BCUT2D eigenvalue weighted by Gasteiger charge is -2.33. The van der Waals surface area contributed by atoms with Gasteiger partial charge in [0.15, 0.2) is 5.65 Å². The molecule has 0 N–H and O–H groups in total. The average molecular weight is 339 g/mol. The number of nitrogens with zero attached hydrogens (tertiary/aromatic N) is 5. The minimum Gasteiger partial charge on any atom is -0.339 e. The van der Waals surface area contributed by atoms with E-state index in [4.69, 9.17) is 0 Å². The maximum Gasteiger partial charge on any atom is 0.255 e. The van der Waals surface area contributed by atoms with E-state index in [2.05, 4.69) is 15.5 Å². The van der Waals surface area contributed by atoms with E-state index in [9.17, 15) is 9.18 Å². The predicted octanol–water partition coefficient (Wildman–Crippen LogP) is 2.59. The van der Waals surface area contributed by atoms with Crippen molar-refractivity contribution in [1.82, 2.24) is 24.9 Å². The van der Waals surface area contributed by atoms with Crippen molar-refractivity contribution in [2.45, 2.75) is 25.7 Å². The topological polar surface area (TPSA) is 63.4 Å². The van der Waals surface area contributed by atoms with E-state index in [0.717, 1.165) is 18.4 Å². The highest BCUT2D eigenvalue weighted by Gasteiger charge is 2.25. The third-order valence-electron chi connectivity index (χ3n) is 4.89. The van der Waals surface area contributed by atoms with Crippen molar-refractivity contribution in [1.29, 1.82) is 0 Å². The van der Waals surface area contributed by atoms with Gasteiger partial charge in [-0.05, 0) is 71.5 Å². The van der Waals surface area contributed by atoms with Crippen molar-refractivity contribution in [2.24, 2.45) is 0 Å². The number of tetrazole rings is 1. The van der Waals surface area contributed by atoms with Crippen molar-refractivity contribution in [3.8, 4) is 0 Å². The van der Waals surface area contributed by atoms with Crippen LogP contribution in [-0.2, 0) is 0 Å². The fourth-order valence-corrected chi connectivity index (χ4v) is 3.54. The van der Waals surface area contributed by atoms with E-state index >= 15 is 0 Å². The van der Waals surface area contributed by atoms with Crippen molar-refractivity contribution >= 4 is 11.6 Å². The first kappa shape index (κ1) is 15.7. The summed E-state index contributed by atoms with van der Waals surface area (Å²) in [6.45, 7) is 3.32. The van der Waals surface area contributed by atoms with E-state index in [-0.39, 0.29) is 11.7 Å². The number of carbonyl (C=O) groups excluding carboxylic acids is 1. The molecule has 1 amide bonds. The van der Waals surface area contributed by atoms with Gasteiger partial charge in [-0.15, -0.1) is 5.10 Å². The molecule has 0 bridgehead atoms. The second-order valence-corrected chi connectivity index (χ2v) is 6.47. The standard InChI is InChI=1S/C18H18FN5O/c1-12-10-15(19)3-4-16(12)13-6-8-23(9-7-13)18(25)14-2-5-17-20-21-22-24(17)11-14/h2-5,10-11,13H,6-9H2,1H3. The van der Waals surface area contributed by atoms with Crippen LogP contribution in [0.3, 0.4) is 0 Å². The van der Waals surface area contributed by atoms with Crippen molar-refractivity contribution in [3.63, 3.8) is 0 Å². The van der Waals surface area contributed by atoms with E-state index in [1.165, 1.54) is 16.1 Å². The average Bonchev–Trinajstić information content (AvgIpc) is 3.09. The summed E-state index contributed by atoms with van der Waals surface area (Å²) in [5.41, 5.74) is 3.36. The predicted molar refractivity (Wildman–Crippen MR) is 89.8 cm³/mol.